The zero-order valence-corrected chi connectivity index (χ0v) is 19.2. The van der Waals surface area contributed by atoms with Gasteiger partial charge >= 0.3 is 0 Å². The van der Waals surface area contributed by atoms with Crippen molar-refractivity contribution in [2.24, 2.45) is 7.05 Å². The maximum Gasteiger partial charge on any atom is 0.276 e. The number of hydrogen-bond acceptors (Lipinski definition) is 5. The zero-order valence-electron chi connectivity index (χ0n) is 18.4. The van der Waals surface area contributed by atoms with Crippen molar-refractivity contribution in [1.82, 2.24) is 19.3 Å². The quantitative estimate of drug-likeness (QED) is 0.395. The molecule has 1 amide bonds. The van der Waals surface area contributed by atoms with Crippen molar-refractivity contribution in [3.8, 4) is 0 Å². The van der Waals surface area contributed by atoms with Crippen LogP contribution in [-0.2, 0) is 13.6 Å². The summed E-state index contributed by atoms with van der Waals surface area (Å²) in [4.78, 5) is 31.7. The Morgan fingerprint density at radius 3 is 2.41 bits per heavy atom. The summed E-state index contributed by atoms with van der Waals surface area (Å²) in [5.41, 5.74) is 1.53. The minimum absolute atomic E-state index is 0.197. The molecule has 0 fully saturated rings. The van der Waals surface area contributed by atoms with E-state index in [0.29, 0.717) is 16.5 Å². The van der Waals surface area contributed by atoms with E-state index in [9.17, 15) is 9.59 Å². The smallest absolute Gasteiger partial charge is 0.276 e. The topological polar surface area (TPSA) is 81.8 Å². The number of imidazole rings is 1. The molecule has 34 heavy (non-hydrogen) atoms. The number of aryl methyl sites for hydroxylation is 1. The van der Waals surface area contributed by atoms with Gasteiger partial charge in [-0.15, -0.1) is 0 Å². The van der Waals surface area contributed by atoms with Gasteiger partial charge in [-0.3, -0.25) is 9.59 Å². The second-order valence-electron chi connectivity index (χ2n) is 7.72. The van der Waals surface area contributed by atoms with Crippen molar-refractivity contribution in [3.05, 3.63) is 113 Å². The summed E-state index contributed by atoms with van der Waals surface area (Å²) in [5.74, 6) is -0.383. The molecule has 0 bridgehead atoms. The summed E-state index contributed by atoms with van der Waals surface area (Å²) < 4.78 is 3.26. The van der Waals surface area contributed by atoms with Crippen LogP contribution >= 0.6 is 11.8 Å². The first-order valence-corrected chi connectivity index (χ1v) is 11.5. The molecule has 1 N–H and O–H groups in total. The number of aromatic nitrogens is 4. The number of nitrogens with zero attached hydrogens (tertiary/aromatic N) is 4. The Labute approximate surface area is 200 Å². The summed E-state index contributed by atoms with van der Waals surface area (Å²) in [6.45, 7) is 0.274. The highest BCUT2D eigenvalue weighted by Gasteiger charge is 2.18. The van der Waals surface area contributed by atoms with Crippen molar-refractivity contribution >= 4 is 34.1 Å². The van der Waals surface area contributed by atoms with Gasteiger partial charge in [-0.25, -0.2) is 9.67 Å². The Morgan fingerprint density at radius 2 is 1.65 bits per heavy atom. The van der Waals surface area contributed by atoms with E-state index in [4.69, 9.17) is 0 Å². The highest BCUT2D eigenvalue weighted by Crippen LogP contribution is 2.32. The number of nitrogens with one attached hydrogen (secondary N) is 1. The van der Waals surface area contributed by atoms with E-state index in [1.807, 2.05) is 72.4 Å². The summed E-state index contributed by atoms with van der Waals surface area (Å²) in [7, 11) is 1.92. The number of hydrogen-bond donors (Lipinski definition) is 1. The monoisotopic (exact) mass is 467 g/mol. The summed E-state index contributed by atoms with van der Waals surface area (Å²) >= 11 is 1.46. The first-order chi connectivity index (χ1) is 16.6. The number of rotatable bonds is 6. The Morgan fingerprint density at radius 1 is 0.941 bits per heavy atom. The first-order valence-electron chi connectivity index (χ1n) is 10.7. The fraction of sp³-hybridized carbons (Fsp3) is 0.0769. The number of benzene rings is 3. The van der Waals surface area contributed by atoms with Crippen molar-refractivity contribution < 1.29 is 4.79 Å². The van der Waals surface area contributed by atoms with Gasteiger partial charge in [0.05, 0.1) is 17.6 Å². The molecule has 0 aliphatic heterocycles. The largest absolute Gasteiger partial charge is 0.329 e. The van der Waals surface area contributed by atoms with Gasteiger partial charge in [0.2, 0.25) is 0 Å². The third-order valence-corrected chi connectivity index (χ3v) is 6.52. The number of anilines is 1. The second-order valence-corrected chi connectivity index (χ2v) is 8.72. The highest BCUT2D eigenvalue weighted by molar-refractivity contribution is 7.99. The lowest BCUT2D eigenvalue weighted by atomic mass is 10.1. The van der Waals surface area contributed by atoms with Gasteiger partial charge in [-0.1, -0.05) is 60.7 Å². The van der Waals surface area contributed by atoms with Crippen LogP contribution in [0.3, 0.4) is 0 Å². The minimum Gasteiger partial charge on any atom is -0.329 e. The molecule has 0 aliphatic carbocycles. The van der Waals surface area contributed by atoms with Gasteiger partial charge in [0.15, 0.2) is 10.9 Å². The Balaban J connectivity index is 1.52. The number of carbonyl (C=O) groups excluding carboxylic acids is 1. The summed E-state index contributed by atoms with van der Waals surface area (Å²) in [5, 5.41) is 9.24. The lowest BCUT2D eigenvalue weighted by Crippen LogP contribution is -2.28. The van der Waals surface area contributed by atoms with Gasteiger partial charge in [0.1, 0.15) is 0 Å². The molecule has 0 radical (unpaired) electrons. The molecule has 2 heterocycles. The van der Waals surface area contributed by atoms with E-state index < -0.39 is 0 Å². The maximum absolute atomic E-state index is 13.4. The third kappa shape index (κ3) is 4.35. The first kappa shape index (κ1) is 21.7. The van der Waals surface area contributed by atoms with E-state index in [1.54, 1.807) is 30.5 Å². The van der Waals surface area contributed by atoms with Crippen molar-refractivity contribution in [1.29, 1.82) is 0 Å². The highest BCUT2D eigenvalue weighted by atomic mass is 32.2. The van der Waals surface area contributed by atoms with Crippen molar-refractivity contribution in [3.63, 3.8) is 0 Å². The molecular weight excluding hydrogens is 446 g/mol. The number of para-hydroxylation sites is 1. The van der Waals surface area contributed by atoms with Crippen LogP contribution in [0.4, 0.5) is 5.69 Å². The Hall–Kier alpha value is -4.17. The van der Waals surface area contributed by atoms with E-state index in [1.165, 1.54) is 16.4 Å². The van der Waals surface area contributed by atoms with Crippen molar-refractivity contribution in [2.45, 2.75) is 16.6 Å². The third-order valence-electron chi connectivity index (χ3n) is 5.37. The molecule has 0 saturated carbocycles. The predicted octanol–water partition coefficient (Wildman–Crippen LogP) is 4.58. The fourth-order valence-corrected chi connectivity index (χ4v) is 4.55. The minimum atomic E-state index is -0.383. The Kier molecular flexibility index (Phi) is 5.97. The average Bonchev–Trinajstić information content (AvgIpc) is 3.27. The van der Waals surface area contributed by atoms with E-state index in [2.05, 4.69) is 15.4 Å². The lowest BCUT2D eigenvalue weighted by molar-refractivity contribution is 0.102. The molecule has 168 valence electrons. The molecule has 8 heteroatoms. The lowest BCUT2D eigenvalue weighted by Gasteiger charge is -2.13. The molecule has 5 aromatic rings. The van der Waals surface area contributed by atoms with E-state index in [0.717, 1.165) is 15.6 Å². The standard InChI is InChI=1S/C26H21N5O2S/c1-30-16-15-27-26(30)34-22-14-8-7-13-21(22)28-24(32)23-19-11-5-6-12-20(19)25(33)31(29-23)17-18-9-3-2-4-10-18/h2-16H,17H2,1H3,(H,28,32). The molecule has 2 aromatic heterocycles. The normalized spacial score (nSPS) is 11.0. The van der Waals surface area contributed by atoms with Crippen LogP contribution in [0.5, 0.6) is 0 Å². The van der Waals surface area contributed by atoms with Gasteiger partial charge in [0.25, 0.3) is 11.5 Å². The second kappa shape index (κ2) is 9.36. The van der Waals surface area contributed by atoms with Crippen LogP contribution < -0.4 is 10.9 Å². The number of carbonyl (C=O) groups is 1. The average molecular weight is 468 g/mol. The Bertz CT molecular complexity index is 1540. The van der Waals surface area contributed by atoms with Gasteiger partial charge < -0.3 is 9.88 Å². The predicted molar refractivity (Wildman–Crippen MR) is 133 cm³/mol. The molecule has 0 saturated heterocycles. The van der Waals surface area contributed by atoms with Crippen LogP contribution in [0.1, 0.15) is 16.1 Å². The molecule has 5 rings (SSSR count). The zero-order chi connectivity index (χ0) is 23.5. The van der Waals surface area contributed by atoms with Crippen molar-refractivity contribution in [2.75, 3.05) is 5.32 Å². The molecule has 7 nitrogen and oxygen atoms in total. The summed E-state index contributed by atoms with van der Waals surface area (Å²) in [6.07, 6.45) is 3.60. The van der Waals surface area contributed by atoms with Gasteiger partial charge in [-0.2, -0.15) is 5.10 Å². The van der Waals surface area contributed by atoms with Crippen LogP contribution in [0.2, 0.25) is 0 Å². The van der Waals surface area contributed by atoms with E-state index in [-0.39, 0.29) is 23.7 Å². The summed E-state index contributed by atoms with van der Waals surface area (Å²) in [6, 6.07) is 24.2. The molecule has 0 aliphatic rings. The van der Waals surface area contributed by atoms with Crippen LogP contribution in [0, 0.1) is 0 Å². The van der Waals surface area contributed by atoms with Crippen LogP contribution in [0.15, 0.2) is 106 Å². The molecule has 0 atom stereocenters. The molecule has 0 unspecified atom stereocenters. The maximum atomic E-state index is 13.4. The van der Waals surface area contributed by atoms with Crippen LogP contribution in [0.25, 0.3) is 10.8 Å². The number of amides is 1. The van der Waals surface area contributed by atoms with Gasteiger partial charge in [0, 0.05) is 29.7 Å². The molecular formula is C26H21N5O2S. The van der Waals surface area contributed by atoms with Crippen LogP contribution in [-0.4, -0.2) is 25.2 Å². The van der Waals surface area contributed by atoms with Gasteiger partial charge in [-0.05, 0) is 35.5 Å². The molecule has 0 spiro atoms. The van der Waals surface area contributed by atoms with E-state index >= 15 is 0 Å². The number of fused-ring (bicyclic) bond motifs is 1. The SMILES string of the molecule is Cn1ccnc1Sc1ccccc1NC(=O)c1nn(Cc2ccccc2)c(=O)c2ccccc12. The molecule has 3 aromatic carbocycles. The fourth-order valence-electron chi connectivity index (χ4n) is 3.66.